The van der Waals surface area contributed by atoms with Gasteiger partial charge in [-0.1, -0.05) is 32.9 Å². The molecule has 6 nitrogen and oxygen atoms in total. The molecule has 0 saturated heterocycles. The molecule has 1 unspecified atom stereocenters. The molecule has 1 aromatic rings. The summed E-state index contributed by atoms with van der Waals surface area (Å²) in [5.41, 5.74) is 1.84. The van der Waals surface area contributed by atoms with Crippen molar-refractivity contribution in [1.29, 1.82) is 0 Å². The van der Waals surface area contributed by atoms with Crippen molar-refractivity contribution in [2.45, 2.75) is 33.3 Å². The second kappa shape index (κ2) is 12.1. The van der Waals surface area contributed by atoms with E-state index in [-0.39, 0.29) is 41.4 Å². The Hall–Kier alpha value is -1.35. The fourth-order valence-electron chi connectivity index (χ4n) is 2.49. The van der Waals surface area contributed by atoms with Crippen molar-refractivity contribution in [2.75, 3.05) is 34.3 Å². The number of hydrogen-bond acceptors (Lipinski definition) is 3. The smallest absolute Gasteiger partial charge is 0.251 e. The summed E-state index contributed by atoms with van der Waals surface area (Å²) in [4.78, 5) is 15.9. The number of hydrogen-bond donors (Lipinski definition) is 3. The Labute approximate surface area is 174 Å². The average molecular weight is 476 g/mol. The van der Waals surface area contributed by atoms with Crippen molar-refractivity contribution in [1.82, 2.24) is 16.0 Å². The molecule has 0 radical (unpaired) electrons. The van der Waals surface area contributed by atoms with Gasteiger partial charge in [-0.3, -0.25) is 9.79 Å². The highest BCUT2D eigenvalue weighted by atomic mass is 127. The minimum Gasteiger partial charge on any atom is -0.379 e. The Morgan fingerprint density at radius 2 is 1.96 bits per heavy atom. The lowest BCUT2D eigenvalue weighted by molar-refractivity contribution is 0.0205. The Morgan fingerprint density at radius 3 is 2.50 bits per heavy atom. The van der Waals surface area contributed by atoms with Gasteiger partial charge in [0, 0.05) is 39.9 Å². The molecule has 0 aliphatic rings. The van der Waals surface area contributed by atoms with Crippen LogP contribution >= 0.6 is 24.0 Å². The maximum Gasteiger partial charge on any atom is 0.251 e. The summed E-state index contributed by atoms with van der Waals surface area (Å²) in [6, 6.07) is 7.65. The second-order valence-electron chi connectivity index (χ2n) is 7.00. The number of carbonyl (C=O) groups excluding carboxylic acids is 1. The monoisotopic (exact) mass is 476 g/mol. The van der Waals surface area contributed by atoms with Crippen LogP contribution in [0.5, 0.6) is 0 Å². The SMILES string of the molecule is CN=C(NCCc1cccc(C(=O)NC)c1)NCC(OC)C(C)(C)C.I. The van der Waals surface area contributed by atoms with Gasteiger partial charge in [0.2, 0.25) is 0 Å². The predicted molar refractivity (Wildman–Crippen MR) is 119 cm³/mol. The van der Waals surface area contributed by atoms with Gasteiger partial charge in [0.25, 0.3) is 5.91 Å². The number of nitrogens with one attached hydrogen (secondary N) is 3. The number of ether oxygens (including phenoxy) is 1. The van der Waals surface area contributed by atoms with E-state index in [0.717, 1.165) is 24.5 Å². The van der Waals surface area contributed by atoms with Crippen LogP contribution in [0.15, 0.2) is 29.3 Å². The number of benzene rings is 1. The summed E-state index contributed by atoms with van der Waals surface area (Å²) in [6.07, 6.45) is 0.897. The molecule has 0 heterocycles. The average Bonchev–Trinajstić information content (AvgIpc) is 2.59. The van der Waals surface area contributed by atoms with Gasteiger partial charge in [0.1, 0.15) is 0 Å². The zero-order valence-corrected chi connectivity index (χ0v) is 19.0. The molecule has 1 aromatic carbocycles. The van der Waals surface area contributed by atoms with Gasteiger partial charge in [-0.2, -0.15) is 0 Å². The Morgan fingerprint density at radius 1 is 1.27 bits per heavy atom. The maximum atomic E-state index is 11.7. The molecular formula is C19H33IN4O2. The summed E-state index contributed by atoms with van der Waals surface area (Å²) in [6.45, 7) is 7.87. The van der Waals surface area contributed by atoms with E-state index in [4.69, 9.17) is 4.74 Å². The second-order valence-corrected chi connectivity index (χ2v) is 7.00. The standard InChI is InChI=1S/C19H32N4O2.HI/c1-19(2,3)16(25-6)13-23-18(21-5)22-11-10-14-8-7-9-15(12-14)17(24)20-4;/h7-9,12,16H,10-11,13H2,1-6H3,(H,20,24)(H2,21,22,23);1H. The largest absolute Gasteiger partial charge is 0.379 e. The quantitative estimate of drug-likeness (QED) is 0.321. The first kappa shape index (κ1) is 24.7. The highest BCUT2D eigenvalue weighted by Crippen LogP contribution is 2.20. The van der Waals surface area contributed by atoms with Crippen LogP contribution < -0.4 is 16.0 Å². The number of nitrogens with zero attached hydrogens (tertiary/aromatic N) is 1. The van der Waals surface area contributed by atoms with Gasteiger partial charge in [0.05, 0.1) is 6.10 Å². The molecule has 0 aromatic heterocycles. The van der Waals surface area contributed by atoms with Crippen molar-refractivity contribution in [3.05, 3.63) is 35.4 Å². The molecule has 0 bridgehead atoms. The van der Waals surface area contributed by atoms with E-state index < -0.39 is 0 Å². The first-order chi connectivity index (χ1) is 11.8. The van der Waals surface area contributed by atoms with Gasteiger partial charge >= 0.3 is 0 Å². The summed E-state index contributed by atoms with van der Waals surface area (Å²) >= 11 is 0. The van der Waals surface area contributed by atoms with Gasteiger partial charge in [-0.15, -0.1) is 24.0 Å². The third-order valence-corrected chi connectivity index (χ3v) is 4.05. The molecule has 0 spiro atoms. The fraction of sp³-hybridized carbons (Fsp3) is 0.579. The van der Waals surface area contributed by atoms with Crippen LogP contribution in [0.3, 0.4) is 0 Å². The molecule has 1 atom stereocenters. The highest BCUT2D eigenvalue weighted by Gasteiger charge is 2.24. The summed E-state index contributed by atoms with van der Waals surface area (Å²) in [7, 11) is 5.12. The zero-order valence-electron chi connectivity index (χ0n) is 16.7. The van der Waals surface area contributed by atoms with Crippen LogP contribution in [0.4, 0.5) is 0 Å². The van der Waals surface area contributed by atoms with Crippen molar-refractivity contribution in [2.24, 2.45) is 10.4 Å². The normalized spacial score (nSPS) is 12.8. The van der Waals surface area contributed by atoms with Crippen LogP contribution in [0.2, 0.25) is 0 Å². The van der Waals surface area contributed by atoms with Crippen LogP contribution in [0.1, 0.15) is 36.7 Å². The van der Waals surface area contributed by atoms with Crippen molar-refractivity contribution < 1.29 is 9.53 Å². The first-order valence-corrected chi connectivity index (χ1v) is 8.60. The van der Waals surface area contributed by atoms with E-state index in [1.54, 1.807) is 21.2 Å². The van der Waals surface area contributed by atoms with E-state index >= 15 is 0 Å². The van der Waals surface area contributed by atoms with Gasteiger partial charge in [0.15, 0.2) is 5.96 Å². The molecule has 0 aliphatic carbocycles. The minimum atomic E-state index is -0.0694. The van der Waals surface area contributed by atoms with Gasteiger partial charge in [-0.05, 0) is 29.5 Å². The number of amides is 1. The molecule has 7 heteroatoms. The molecular weight excluding hydrogens is 443 g/mol. The van der Waals surface area contributed by atoms with Crippen molar-refractivity contribution in [3.63, 3.8) is 0 Å². The van der Waals surface area contributed by atoms with Crippen LogP contribution in [0, 0.1) is 5.41 Å². The number of methoxy groups -OCH3 is 1. The number of aliphatic imine (C=N–C) groups is 1. The van der Waals surface area contributed by atoms with Crippen LogP contribution in [-0.4, -0.2) is 52.3 Å². The van der Waals surface area contributed by atoms with Crippen molar-refractivity contribution in [3.8, 4) is 0 Å². The zero-order chi connectivity index (χ0) is 18.9. The maximum absolute atomic E-state index is 11.7. The predicted octanol–water partition coefficient (Wildman–Crippen LogP) is 2.43. The Balaban J connectivity index is 0.00000625. The summed E-state index contributed by atoms with van der Waals surface area (Å²) in [5, 5.41) is 9.24. The lowest BCUT2D eigenvalue weighted by Crippen LogP contribution is -2.45. The third kappa shape index (κ3) is 8.35. The van der Waals surface area contributed by atoms with Crippen molar-refractivity contribution >= 4 is 35.8 Å². The molecule has 0 saturated carbocycles. The first-order valence-electron chi connectivity index (χ1n) is 8.60. The van der Waals surface area contributed by atoms with Gasteiger partial charge < -0.3 is 20.7 Å². The lowest BCUT2D eigenvalue weighted by Gasteiger charge is -2.30. The summed E-state index contributed by atoms with van der Waals surface area (Å²) < 4.78 is 5.55. The van der Waals surface area contributed by atoms with Crippen LogP contribution in [0.25, 0.3) is 0 Å². The molecule has 3 N–H and O–H groups in total. The molecule has 0 fully saturated rings. The Bertz CT molecular complexity index is 585. The molecule has 1 amide bonds. The molecule has 148 valence electrons. The third-order valence-electron chi connectivity index (χ3n) is 4.05. The molecule has 26 heavy (non-hydrogen) atoms. The van der Waals surface area contributed by atoms with E-state index in [2.05, 4.69) is 41.7 Å². The number of carbonyl (C=O) groups is 1. The van der Waals surface area contributed by atoms with Crippen LogP contribution in [-0.2, 0) is 11.2 Å². The van der Waals surface area contributed by atoms with E-state index in [0.29, 0.717) is 12.1 Å². The lowest BCUT2D eigenvalue weighted by atomic mass is 9.89. The molecule has 1 rings (SSSR count). The number of rotatable bonds is 7. The Kier molecular flexibility index (Phi) is 11.5. The fourth-order valence-corrected chi connectivity index (χ4v) is 2.49. The van der Waals surface area contributed by atoms with Gasteiger partial charge in [-0.25, -0.2) is 0 Å². The van der Waals surface area contributed by atoms with E-state index in [1.165, 1.54) is 0 Å². The van der Waals surface area contributed by atoms with E-state index in [1.807, 2.05) is 24.3 Å². The summed E-state index contributed by atoms with van der Waals surface area (Å²) in [5.74, 6) is 0.675. The minimum absolute atomic E-state index is 0. The van der Waals surface area contributed by atoms with E-state index in [9.17, 15) is 4.79 Å². The number of halogens is 1. The number of guanidine groups is 1. The molecule has 0 aliphatic heterocycles. The highest BCUT2D eigenvalue weighted by molar-refractivity contribution is 14.0. The topological polar surface area (TPSA) is 74.8 Å².